The van der Waals surface area contributed by atoms with Crippen molar-refractivity contribution in [2.24, 2.45) is 4.99 Å². The Labute approximate surface area is 187 Å². The summed E-state index contributed by atoms with van der Waals surface area (Å²) in [5.74, 6) is -0.0874. The van der Waals surface area contributed by atoms with Gasteiger partial charge in [0.2, 0.25) is 5.90 Å². The van der Waals surface area contributed by atoms with E-state index in [1.807, 2.05) is 49.4 Å². The zero-order chi connectivity index (χ0) is 22.0. The van der Waals surface area contributed by atoms with Crippen LogP contribution in [0, 0.1) is 0 Å². The molecule has 31 heavy (non-hydrogen) atoms. The third-order valence-electron chi connectivity index (χ3n) is 4.50. The first kappa shape index (κ1) is 20.8. The largest absolute Gasteiger partial charge is 0.490 e. The van der Waals surface area contributed by atoms with E-state index >= 15 is 0 Å². The average Bonchev–Trinajstić information content (AvgIpc) is 3.10. The number of ether oxygens (including phenoxy) is 3. The van der Waals surface area contributed by atoms with Crippen LogP contribution in [0.4, 0.5) is 0 Å². The summed E-state index contributed by atoms with van der Waals surface area (Å²) in [6.45, 7) is 3.52. The van der Waals surface area contributed by atoms with Gasteiger partial charge in [-0.1, -0.05) is 30.3 Å². The smallest absolute Gasteiger partial charge is 0.363 e. The molecule has 1 heterocycles. The third-order valence-corrected chi connectivity index (χ3v) is 5.09. The van der Waals surface area contributed by atoms with Gasteiger partial charge in [-0.15, -0.1) is 0 Å². The molecule has 1 aliphatic heterocycles. The van der Waals surface area contributed by atoms with Crippen LogP contribution in [0.1, 0.15) is 25.0 Å². The number of carbonyl (C=O) groups excluding carboxylic acids is 2. The van der Waals surface area contributed by atoms with Crippen LogP contribution in [0.15, 0.2) is 69.8 Å². The van der Waals surface area contributed by atoms with Gasteiger partial charge in [0.25, 0.3) is 0 Å². The van der Waals surface area contributed by atoms with Gasteiger partial charge in [0.15, 0.2) is 17.2 Å². The minimum Gasteiger partial charge on any atom is -0.490 e. The summed E-state index contributed by atoms with van der Waals surface area (Å²) in [4.78, 5) is 28.2. The van der Waals surface area contributed by atoms with Gasteiger partial charge in [-0.25, -0.2) is 9.79 Å². The minimum atomic E-state index is -0.540. The zero-order valence-electron chi connectivity index (χ0n) is 16.8. The summed E-state index contributed by atoms with van der Waals surface area (Å²) in [5, 5.41) is 2.12. The fourth-order valence-electron chi connectivity index (χ4n) is 3.19. The summed E-state index contributed by atoms with van der Waals surface area (Å²) in [6, 6.07) is 17.1. The summed E-state index contributed by atoms with van der Waals surface area (Å²) in [5.41, 5.74) is 1.52. The van der Waals surface area contributed by atoms with Gasteiger partial charge in [-0.2, -0.15) is 0 Å². The number of carbonyl (C=O) groups is 2. The molecule has 4 rings (SSSR count). The van der Waals surface area contributed by atoms with E-state index in [0.717, 1.165) is 16.3 Å². The highest BCUT2D eigenvalue weighted by atomic mass is 79.9. The van der Waals surface area contributed by atoms with E-state index in [9.17, 15) is 9.59 Å². The predicted molar refractivity (Wildman–Crippen MR) is 121 cm³/mol. The second-order valence-electron chi connectivity index (χ2n) is 6.75. The maximum Gasteiger partial charge on any atom is 0.363 e. The zero-order valence-corrected chi connectivity index (χ0v) is 18.4. The average molecular weight is 480 g/mol. The Morgan fingerprint density at radius 1 is 1.13 bits per heavy atom. The second-order valence-corrected chi connectivity index (χ2v) is 7.61. The molecule has 0 saturated heterocycles. The third kappa shape index (κ3) is 4.51. The molecule has 3 aromatic rings. The van der Waals surface area contributed by atoms with Gasteiger partial charge in [-0.05, 0) is 69.5 Å². The van der Waals surface area contributed by atoms with Gasteiger partial charge in [-0.3, -0.25) is 4.79 Å². The van der Waals surface area contributed by atoms with Crippen molar-refractivity contribution in [3.8, 4) is 11.5 Å². The quantitative estimate of drug-likeness (QED) is 0.283. The molecule has 0 radical (unpaired) electrons. The molecule has 0 aromatic heterocycles. The molecule has 3 aromatic carbocycles. The Balaban J connectivity index is 1.69. The number of rotatable bonds is 5. The lowest BCUT2D eigenvalue weighted by atomic mass is 10.1. The van der Waals surface area contributed by atoms with Crippen molar-refractivity contribution < 1.29 is 23.8 Å². The van der Waals surface area contributed by atoms with Crippen LogP contribution in [-0.2, 0) is 14.3 Å². The lowest BCUT2D eigenvalue weighted by Crippen LogP contribution is -2.06. The van der Waals surface area contributed by atoms with E-state index < -0.39 is 11.9 Å². The number of cyclic esters (lactones) is 1. The summed E-state index contributed by atoms with van der Waals surface area (Å²) < 4.78 is 16.7. The minimum absolute atomic E-state index is 0.165. The number of halogens is 1. The van der Waals surface area contributed by atoms with Crippen molar-refractivity contribution in [3.63, 3.8) is 0 Å². The molecule has 0 fully saturated rings. The van der Waals surface area contributed by atoms with Crippen LogP contribution < -0.4 is 9.47 Å². The van der Waals surface area contributed by atoms with E-state index in [4.69, 9.17) is 14.2 Å². The molecule has 7 heteroatoms. The lowest BCUT2D eigenvalue weighted by molar-refractivity contribution is -0.132. The number of hydrogen-bond donors (Lipinski definition) is 0. The van der Waals surface area contributed by atoms with Crippen LogP contribution in [0.25, 0.3) is 16.8 Å². The molecule has 0 N–H and O–H groups in total. The van der Waals surface area contributed by atoms with Crippen LogP contribution in [-0.4, -0.2) is 24.4 Å². The van der Waals surface area contributed by atoms with Gasteiger partial charge in [0, 0.05) is 12.5 Å². The van der Waals surface area contributed by atoms with Crippen LogP contribution in [0.2, 0.25) is 0 Å². The molecule has 0 spiro atoms. The highest BCUT2D eigenvalue weighted by Gasteiger charge is 2.25. The first-order valence-corrected chi connectivity index (χ1v) is 10.4. The topological polar surface area (TPSA) is 74.2 Å². The van der Waals surface area contributed by atoms with Gasteiger partial charge < -0.3 is 14.2 Å². The van der Waals surface area contributed by atoms with Crippen LogP contribution in [0.5, 0.6) is 11.5 Å². The van der Waals surface area contributed by atoms with E-state index in [1.165, 1.54) is 6.92 Å². The van der Waals surface area contributed by atoms with E-state index in [-0.39, 0.29) is 17.3 Å². The summed E-state index contributed by atoms with van der Waals surface area (Å²) in [7, 11) is 0. The first-order chi connectivity index (χ1) is 14.9. The molecular weight excluding hydrogens is 462 g/mol. The number of hydrogen-bond acceptors (Lipinski definition) is 6. The normalized spacial score (nSPS) is 14.5. The van der Waals surface area contributed by atoms with Crippen LogP contribution >= 0.6 is 15.9 Å². The van der Waals surface area contributed by atoms with Crippen molar-refractivity contribution in [1.29, 1.82) is 0 Å². The Bertz CT molecular complexity index is 1260. The number of nitrogens with zero attached hydrogens (tertiary/aromatic N) is 1. The molecule has 1 aliphatic rings. The molecule has 0 aliphatic carbocycles. The van der Waals surface area contributed by atoms with Gasteiger partial charge in [0.05, 0.1) is 11.1 Å². The second kappa shape index (κ2) is 8.73. The Kier molecular flexibility index (Phi) is 5.86. The molecule has 156 valence electrons. The maximum absolute atomic E-state index is 12.4. The van der Waals surface area contributed by atoms with E-state index in [1.54, 1.807) is 18.2 Å². The fraction of sp³-hybridized carbons (Fsp3) is 0.125. The molecule has 0 saturated carbocycles. The summed E-state index contributed by atoms with van der Waals surface area (Å²) in [6.07, 6.45) is 1.60. The molecule has 6 nitrogen and oxygen atoms in total. The van der Waals surface area contributed by atoms with Gasteiger partial charge in [0.1, 0.15) is 0 Å². The number of benzene rings is 3. The Morgan fingerprint density at radius 3 is 2.65 bits per heavy atom. The highest BCUT2D eigenvalue weighted by Crippen LogP contribution is 2.38. The number of aliphatic imine (C=N–C) groups is 1. The maximum atomic E-state index is 12.4. The van der Waals surface area contributed by atoms with Crippen LogP contribution in [0.3, 0.4) is 0 Å². The number of esters is 2. The number of fused-ring (bicyclic) bond motifs is 1. The van der Waals surface area contributed by atoms with Crippen molar-refractivity contribution in [3.05, 3.63) is 75.9 Å². The van der Waals surface area contributed by atoms with E-state index in [0.29, 0.717) is 22.4 Å². The fourth-order valence-corrected chi connectivity index (χ4v) is 3.73. The molecule has 0 amide bonds. The highest BCUT2D eigenvalue weighted by molar-refractivity contribution is 9.10. The molecule has 0 bridgehead atoms. The monoisotopic (exact) mass is 479 g/mol. The van der Waals surface area contributed by atoms with Crippen molar-refractivity contribution in [2.75, 3.05) is 6.61 Å². The molecule has 0 unspecified atom stereocenters. The summed E-state index contributed by atoms with van der Waals surface area (Å²) >= 11 is 3.39. The first-order valence-electron chi connectivity index (χ1n) is 9.61. The molecule has 0 atom stereocenters. The SMILES string of the molecule is CCOc1cc(/C=C2\N=C(c3ccc4ccccc4c3)OC2=O)cc(Br)c1OC(C)=O. The Hall–Kier alpha value is -3.45. The van der Waals surface area contributed by atoms with E-state index in [2.05, 4.69) is 20.9 Å². The van der Waals surface area contributed by atoms with Crippen molar-refractivity contribution >= 4 is 50.6 Å². The standard InChI is InChI=1S/C24H18BrNO5/c1-3-29-21-12-15(10-19(25)22(21)30-14(2)27)11-20-24(28)31-23(26-20)18-9-8-16-6-4-5-7-17(16)13-18/h4-13H,3H2,1-2H3/b20-11-. The van der Waals surface area contributed by atoms with Crippen molar-refractivity contribution in [1.82, 2.24) is 0 Å². The lowest BCUT2D eigenvalue weighted by Gasteiger charge is -2.12. The predicted octanol–water partition coefficient (Wildman–Crippen LogP) is 5.27. The van der Waals surface area contributed by atoms with Gasteiger partial charge >= 0.3 is 11.9 Å². The van der Waals surface area contributed by atoms with Crippen molar-refractivity contribution in [2.45, 2.75) is 13.8 Å². The molecular formula is C24H18BrNO5. The Morgan fingerprint density at radius 2 is 1.90 bits per heavy atom.